The van der Waals surface area contributed by atoms with Crippen LogP contribution in [-0.2, 0) is 16.6 Å². The molecule has 0 aliphatic rings. The summed E-state index contributed by atoms with van der Waals surface area (Å²) in [5.74, 6) is -0.573. The number of hydrogen-bond acceptors (Lipinski definition) is 5. The Labute approximate surface area is 168 Å². The topological polar surface area (TPSA) is 118 Å². The largest absolute Gasteiger partial charge is 0.348 e. The highest BCUT2D eigenvalue weighted by Gasteiger charge is 2.24. The molecule has 0 spiro atoms. The summed E-state index contributed by atoms with van der Waals surface area (Å²) < 4.78 is 27.8. The molecule has 1 amide bonds. The SMILES string of the molecule is CC(C)(C)NS(=O)(=O)c1ccccc1CNC(=O)c1ccc([N+](=O)[O-])cc1Cl. The zero-order chi connectivity index (χ0) is 21.1. The second-order valence-electron chi connectivity index (χ2n) is 7.07. The van der Waals surface area contributed by atoms with Crippen LogP contribution in [0.5, 0.6) is 0 Å². The number of benzene rings is 2. The third-order valence-electron chi connectivity index (χ3n) is 3.55. The average Bonchev–Trinajstić information content (AvgIpc) is 2.57. The molecule has 2 aromatic rings. The molecule has 0 fully saturated rings. The first kappa shape index (κ1) is 21.8. The number of carbonyl (C=O) groups is 1. The Hall–Kier alpha value is -2.49. The van der Waals surface area contributed by atoms with Crippen molar-refractivity contribution >= 4 is 33.2 Å². The predicted octanol–water partition coefficient (Wildman–Crippen LogP) is 3.26. The van der Waals surface area contributed by atoms with Crippen LogP contribution in [-0.4, -0.2) is 24.8 Å². The van der Waals surface area contributed by atoms with E-state index in [2.05, 4.69) is 10.0 Å². The van der Waals surface area contributed by atoms with E-state index < -0.39 is 26.4 Å². The van der Waals surface area contributed by atoms with Crippen LogP contribution >= 0.6 is 11.6 Å². The van der Waals surface area contributed by atoms with Gasteiger partial charge in [0.1, 0.15) is 0 Å². The molecule has 28 heavy (non-hydrogen) atoms. The third kappa shape index (κ3) is 5.51. The van der Waals surface area contributed by atoms with Gasteiger partial charge in [0.05, 0.1) is 20.4 Å². The van der Waals surface area contributed by atoms with Gasteiger partial charge in [-0.2, -0.15) is 0 Å². The van der Waals surface area contributed by atoms with E-state index in [1.165, 1.54) is 18.2 Å². The van der Waals surface area contributed by atoms with Gasteiger partial charge in [0.15, 0.2) is 0 Å². The lowest BCUT2D eigenvalue weighted by molar-refractivity contribution is -0.384. The van der Waals surface area contributed by atoms with Gasteiger partial charge in [0.2, 0.25) is 10.0 Å². The van der Waals surface area contributed by atoms with Crippen molar-refractivity contribution in [1.82, 2.24) is 10.0 Å². The first-order valence-corrected chi connectivity index (χ1v) is 10.1. The van der Waals surface area contributed by atoms with Gasteiger partial charge < -0.3 is 5.32 Å². The lowest BCUT2D eigenvalue weighted by atomic mass is 10.1. The molecule has 0 unspecified atom stereocenters. The molecule has 0 aromatic heterocycles. The van der Waals surface area contributed by atoms with E-state index in [1.807, 2.05) is 0 Å². The second-order valence-corrected chi connectivity index (χ2v) is 9.13. The Morgan fingerprint density at radius 1 is 1.18 bits per heavy atom. The highest BCUT2D eigenvalue weighted by Crippen LogP contribution is 2.23. The second kappa shape index (κ2) is 8.26. The van der Waals surface area contributed by atoms with Gasteiger partial charge in [-0.1, -0.05) is 29.8 Å². The van der Waals surface area contributed by atoms with Gasteiger partial charge in [-0.25, -0.2) is 13.1 Å². The molecule has 2 N–H and O–H groups in total. The number of sulfonamides is 1. The number of carbonyl (C=O) groups excluding carboxylic acids is 1. The predicted molar refractivity (Wildman–Crippen MR) is 106 cm³/mol. The number of hydrogen-bond donors (Lipinski definition) is 2. The first-order valence-electron chi connectivity index (χ1n) is 8.25. The van der Waals surface area contributed by atoms with Crippen molar-refractivity contribution in [3.05, 3.63) is 68.7 Å². The van der Waals surface area contributed by atoms with Crippen molar-refractivity contribution in [1.29, 1.82) is 0 Å². The van der Waals surface area contributed by atoms with Crippen molar-refractivity contribution in [2.75, 3.05) is 0 Å². The minimum atomic E-state index is -3.79. The molecule has 0 aliphatic heterocycles. The molecule has 0 radical (unpaired) electrons. The van der Waals surface area contributed by atoms with Crippen LogP contribution in [0.1, 0.15) is 36.7 Å². The fourth-order valence-corrected chi connectivity index (χ4v) is 4.36. The molecule has 0 saturated carbocycles. The summed E-state index contributed by atoms with van der Waals surface area (Å²) in [6, 6.07) is 9.81. The molecule has 0 saturated heterocycles. The maximum Gasteiger partial charge on any atom is 0.270 e. The zero-order valence-electron chi connectivity index (χ0n) is 15.5. The summed E-state index contributed by atoms with van der Waals surface area (Å²) in [5, 5.41) is 13.3. The molecule has 2 rings (SSSR count). The number of rotatable bonds is 6. The molecular weight excluding hydrogens is 406 g/mol. The van der Waals surface area contributed by atoms with E-state index in [9.17, 15) is 23.3 Å². The lowest BCUT2D eigenvalue weighted by Gasteiger charge is -2.21. The maximum atomic E-state index is 12.6. The Morgan fingerprint density at radius 3 is 2.39 bits per heavy atom. The van der Waals surface area contributed by atoms with Crippen LogP contribution < -0.4 is 10.0 Å². The summed E-state index contributed by atoms with van der Waals surface area (Å²) >= 11 is 5.96. The summed E-state index contributed by atoms with van der Waals surface area (Å²) in [4.78, 5) is 22.6. The van der Waals surface area contributed by atoms with Gasteiger partial charge in [0.25, 0.3) is 11.6 Å². The Kier molecular flexibility index (Phi) is 6.43. The lowest BCUT2D eigenvalue weighted by Crippen LogP contribution is -2.41. The van der Waals surface area contributed by atoms with Gasteiger partial charge >= 0.3 is 0 Å². The van der Waals surface area contributed by atoms with Crippen LogP contribution in [0.15, 0.2) is 47.4 Å². The molecule has 0 bridgehead atoms. The fourth-order valence-electron chi connectivity index (χ4n) is 2.44. The highest BCUT2D eigenvalue weighted by atomic mass is 35.5. The van der Waals surface area contributed by atoms with E-state index in [0.717, 1.165) is 6.07 Å². The quantitative estimate of drug-likeness (QED) is 0.544. The van der Waals surface area contributed by atoms with Crippen molar-refractivity contribution in [2.45, 2.75) is 37.8 Å². The van der Waals surface area contributed by atoms with E-state index >= 15 is 0 Å². The molecule has 0 heterocycles. The van der Waals surface area contributed by atoms with Gasteiger partial charge in [-0.15, -0.1) is 0 Å². The minimum absolute atomic E-state index is 0.0556. The summed E-state index contributed by atoms with van der Waals surface area (Å²) in [5.41, 5.74) is -0.445. The molecular formula is C18H20ClN3O5S. The standard InChI is InChI=1S/C18H20ClN3O5S/c1-18(2,3)21-28(26,27)16-7-5-4-6-12(16)11-20-17(23)14-9-8-13(22(24)25)10-15(14)19/h4-10,21H,11H2,1-3H3,(H,20,23). The van der Waals surface area contributed by atoms with Crippen molar-refractivity contribution < 1.29 is 18.1 Å². The van der Waals surface area contributed by atoms with E-state index in [0.29, 0.717) is 5.56 Å². The number of non-ortho nitro benzene ring substituents is 1. The van der Waals surface area contributed by atoms with Crippen LogP contribution in [0.25, 0.3) is 0 Å². The van der Waals surface area contributed by atoms with Crippen LogP contribution in [0, 0.1) is 10.1 Å². The Bertz CT molecular complexity index is 1020. The van der Waals surface area contributed by atoms with Crippen molar-refractivity contribution in [2.24, 2.45) is 0 Å². The zero-order valence-corrected chi connectivity index (χ0v) is 17.1. The Morgan fingerprint density at radius 2 is 1.82 bits per heavy atom. The molecule has 0 aliphatic carbocycles. The number of nitrogens with one attached hydrogen (secondary N) is 2. The summed E-state index contributed by atoms with van der Waals surface area (Å²) in [7, 11) is -3.79. The van der Waals surface area contributed by atoms with Gasteiger partial charge in [-0.05, 0) is 38.5 Å². The van der Waals surface area contributed by atoms with E-state index in [-0.39, 0.29) is 27.7 Å². The van der Waals surface area contributed by atoms with E-state index in [1.54, 1.807) is 39.0 Å². The molecule has 8 nitrogen and oxygen atoms in total. The summed E-state index contributed by atoms with van der Waals surface area (Å²) in [6.45, 7) is 5.12. The van der Waals surface area contributed by atoms with Gasteiger partial charge in [-0.3, -0.25) is 14.9 Å². The molecule has 0 atom stereocenters. The van der Waals surface area contributed by atoms with Crippen LogP contribution in [0.3, 0.4) is 0 Å². The van der Waals surface area contributed by atoms with Crippen LogP contribution in [0.4, 0.5) is 5.69 Å². The first-order chi connectivity index (χ1) is 12.9. The fraction of sp³-hybridized carbons (Fsp3) is 0.278. The maximum absolute atomic E-state index is 12.6. The highest BCUT2D eigenvalue weighted by molar-refractivity contribution is 7.89. The number of nitro benzene ring substituents is 1. The monoisotopic (exact) mass is 425 g/mol. The number of nitro groups is 1. The average molecular weight is 426 g/mol. The summed E-state index contributed by atoms with van der Waals surface area (Å²) in [6.07, 6.45) is 0. The number of amides is 1. The molecule has 150 valence electrons. The van der Waals surface area contributed by atoms with Crippen LogP contribution in [0.2, 0.25) is 5.02 Å². The normalized spacial score (nSPS) is 11.9. The Balaban J connectivity index is 2.22. The minimum Gasteiger partial charge on any atom is -0.348 e. The van der Waals surface area contributed by atoms with Crippen molar-refractivity contribution in [3.8, 4) is 0 Å². The number of halogens is 1. The van der Waals surface area contributed by atoms with Crippen molar-refractivity contribution in [3.63, 3.8) is 0 Å². The number of nitrogens with zero attached hydrogens (tertiary/aromatic N) is 1. The molecule has 10 heteroatoms. The smallest absolute Gasteiger partial charge is 0.270 e. The molecule has 2 aromatic carbocycles. The van der Waals surface area contributed by atoms with E-state index in [4.69, 9.17) is 11.6 Å². The third-order valence-corrected chi connectivity index (χ3v) is 5.72. The van der Waals surface area contributed by atoms with Gasteiger partial charge in [0, 0.05) is 24.2 Å².